The lowest BCUT2D eigenvalue weighted by Gasteiger charge is -2.21. The van der Waals surface area contributed by atoms with Crippen LogP contribution in [0, 0.1) is 0 Å². The van der Waals surface area contributed by atoms with Crippen molar-refractivity contribution < 1.29 is 4.74 Å². The fourth-order valence-corrected chi connectivity index (χ4v) is 2.20. The first kappa shape index (κ1) is 15.5. The zero-order valence-corrected chi connectivity index (χ0v) is 13.4. The monoisotopic (exact) mass is 304 g/mol. The van der Waals surface area contributed by atoms with E-state index in [1.807, 2.05) is 63.4 Å². The van der Waals surface area contributed by atoms with Gasteiger partial charge in [0, 0.05) is 30.4 Å². The summed E-state index contributed by atoms with van der Waals surface area (Å²) in [5, 5.41) is 0.751. The second-order valence-electron chi connectivity index (χ2n) is 5.37. The minimum atomic E-state index is 0.101. The van der Waals surface area contributed by atoms with Gasteiger partial charge in [0.2, 0.25) is 0 Å². The van der Waals surface area contributed by atoms with Gasteiger partial charge in [-0.3, -0.25) is 0 Å². The van der Waals surface area contributed by atoms with E-state index in [2.05, 4.69) is 4.90 Å². The molecule has 2 rings (SSSR count). The molecule has 0 spiro atoms. The van der Waals surface area contributed by atoms with Crippen molar-refractivity contribution in [1.82, 2.24) is 0 Å². The van der Waals surface area contributed by atoms with E-state index in [0.29, 0.717) is 5.69 Å². The number of halogens is 1. The van der Waals surface area contributed by atoms with E-state index in [4.69, 9.17) is 22.1 Å². The zero-order chi connectivity index (χ0) is 15.4. The number of ether oxygens (including phenoxy) is 1. The minimum Gasteiger partial charge on any atom is -0.489 e. The van der Waals surface area contributed by atoms with Crippen LogP contribution in [0.25, 0.3) is 0 Å². The fourth-order valence-electron chi connectivity index (χ4n) is 2.07. The lowest BCUT2D eigenvalue weighted by molar-refractivity contribution is 0.244. The summed E-state index contributed by atoms with van der Waals surface area (Å²) in [4.78, 5) is 2.15. The second-order valence-corrected chi connectivity index (χ2v) is 5.81. The summed E-state index contributed by atoms with van der Waals surface area (Å²) in [7, 11) is 2.04. The molecular weight excluding hydrogens is 284 g/mol. The molecule has 21 heavy (non-hydrogen) atoms. The van der Waals surface area contributed by atoms with Gasteiger partial charge in [-0.2, -0.15) is 0 Å². The number of nitrogens with zero attached hydrogens (tertiary/aromatic N) is 1. The quantitative estimate of drug-likeness (QED) is 0.835. The Morgan fingerprint density at radius 1 is 1.14 bits per heavy atom. The Hall–Kier alpha value is -1.87. The van der Waals surface area contributed by atoms with Gasteiger partial charge in [-0.1, -0.05) is 23.7 Å². The number of hydrogen-bond donors (Lipinski definition) is 1. The van der Waals surface area contributed by atoms with Gasteiger partial charge in [-0.15, -0.1) is 0 Å². The Kier molecular flexibility index (Phi) is 4.97. The molecule has 4 heteroatoms. The summed E-state index contributed by atoms with van der Waals surface area (Å²) in [5.74, 6) is 0.727. The van der Waals surface area contributed by atoms with Gasteiger partial charge >= 0.3 is 0 Å². The Labute approximate surface area is 131 Å². The number of nitrogen functional groups attached to an aromatic ring is 1. The highest BCUT2D eigenvalue weighted by Gasteiger charge is 2.08. The number of nitrogens with two attached hydrogens (primary N) is 1. The first-order valence-corrected chi connectivity index (χ1v) is 7.35. The fraction of sp³-hybridized carbons (Fsp3) is 0.294. The summed E-state index contributed by atoms with van der Waals surface area (Å²) >= 11 is 5.91. The standard InChI is InChI=1S/C17H21ClN2O/c1-12(2)21-17-10-15(8-9-16(17)19)20(3)11-13-4-6-14(18)7-5-13/h4-10,12H,11,19H2,1-3H3. The van der Waals surface area contributed by atoms with E-state index in [9.17, 15) is 0 Å². The van der Waals surface area contributed by atoms with Crippen LogP contribution in [0.5, 0.6) is 5.75 Å². The van der Waals surface area contributed by atoms with Crippen molar-refractivity contribution in [1.29, 1.82) is 0 Å². The molecule has 0 heterocycles. The van der Waals surface area contributed by atoms with Crippen LogP contribution in [0.15, 0.2) is 42.5 Å². The van der Waals surface area contributed by atoms with Gasteiger partial charge in [0.05, 0.1) is 11.8 Å². The van der Waals surface area contributed by atoms with E-state index >= 15 is 0 Å². The smallest absolute Gasteiger partial charge is 0.144 e. The van der Waals surface area contributed by atoms with E-state index in [1.54, 1.807) is 0 Å². The molecule has 2 N–H and O–H groups in total. The second kappa shape index (κ2) is 6.72. The van der Waals surface area contributed by atoms with Gasteiger partial charge in [0.25, 0.3) is 0 Å². The summed E-state index contributed by atoms with van der Waals surface area (Å²) in [6.45, 7) is 4.77. The predicted molar refractivity (Wildman–Crippen MR) is 90.2 cm³/mol. The zero-order valence-electron chi connectivity index (χ0n) is 12.6. The van der Waals surface area contributed by atoms with Crippen LogP contribution in [0.4, 0.5) is 11.4 Å². The molecule has 0 aromatic heterocycles. The Bertz CT molecular complexity index is 596. The SMILES string of the molecule is CC(C)Oc1cc(N(C)Cc2ccc(Cl)cc2)ccc1N. The molecule has 0 aliphatic heterocycles. The van der Waals surface area contributed by atoms with Gasteiger partial charge in [-0.05, 0) is 43.7 Å². The Morgan fingerprint density at radius 3 is 2.43 bits per heavy atom. The maximum atomic E-state index is 5.95. The average Bonchev–Trinajstić information content (AvgIpc) is 2.43. The van der Waals surface area contributed by atoms with Crippen LogP contribution in [0.1, 0.15) is 19.4 Å². The molecule has 0 fully saturated rings. The van der Waals surface area contributed by atoms with Gasteiger partial charge in [0.1, 0.15) is 5.75 Å². The lowest BCUT2D eigenvalue weighted by atomic mass is 10.2. The Morgan fingerprint density at radius 2 is 1.81 bits per heavy atom. The van der Waals surface area contributed by atoms with Crippen LogP contribution >= 0.6 is 11.6 Å². The van der Waals surface area contributed by atoms with Crippen LogP contribution in [-0.2, 0) is 6.54 Å². The van der Waals surface area contributed by atoms with Crippen molar-refractivity contribution in [3.8, 4) is 5.75 Å². The molecule has 2 aromatic carbocycles. The van der Waals surface area contributed by atoms with Crippen LogP contribution in [-0.4, -0.2) is 13.2 Å². The molecule has 112 valence electrons. The van der Waals surface area contributed by atoms with E-state index in [1.165, 1.54) is 5.56 Å². The molecule has 0 unspecified atom stereocenters. The van der Waals surface area contributed by atoms with E-state index < -0.39 is 0 Å². The minimum absolute atomic E-state index is 0.101. The van der Waals surface area contributed by atoms with Crippen LogP contribution < -0.4 is 15.4 Å². The molecule has 0 saturated carbocycles. The number of benzene rings is 2. The van der Waals surface area contributed by atoms with Crippen molar-refractivity contribution in [3.05, 3.63) is 53.1 Å². The first-order chi connectivity index (χ1) is 9.95. The maximum Gasteiger partial charge on any atom is 0.144 e. The van der Waals surface area contributed by atoms with Gasteiger partial charge in [-0.25, -0.2) is 0 Å². The highest BCUT2D eigenvalue weighted by Crippen LogP contribution is 2.28. The normalized spacial score (nSPS) is 10.7. The molecule has 0 radical (unpaired) electrons. The topological polar surface area (TPSA) is 38.5 Å². The number of rotatable bonds is 5. The van der Waals surface area contributed by atoms with Gasteiger partial charge in [0.15, 0.2) is 0 Å². The molecule has 0 amide bonds. The van der Waals surface area contributed by atoms with Crippen molar-refractivity contribution >= 4 is 23.0 Å². The van der Waals surface area contributed by atoms with E-state index in [-0.39, 0.29) is 6.10 Å². The third-order valence-corrected chi connectivity index (χ3v) is 3.39. The van der Waals surface area contributed by atoms with Crippen molar-refractivity contribution in [2.24, 2.45) is 0 Å². The maximum absolute atomic E-state index is 5.95. The van der Waals surface area contributed by atoms with E-state index in [0.717, 1.165) is 23.0 Å². The molecule has 0 bridgehead atoms. The highest BCUT2D eigenvalue weighted by atomic mass is 35.5. The predicted octanol–water partition coefficient (Wildman–Crippen LogP) is 4.35. The molecule has 0 atom stereocenters. The molecule has 0 aliphatic carbocycles. The summed E-state index contributed by atoms with van der Waals surface area (Å²) in [5.41, 5.74) is 8.87. The van der Waals surface area contributed by atoms with Crippen molar-refractivity contribution in [3.63, 3.8) is 0 Å². The number of hydrogen-bond acceptors (Lipinski definition) is 3. The van der Waals surface area contributed by atoms with Gasteiger partial charge < -0.3 is 15.4 Å². The molecule has 2 aromatic rings. The van der Waals surface area contributed by atoms with Crippen molar-refractivity contribution in [2.45, 2.75) is 26.5 Å². The third-order valence-electron chi connectivity index (χ3n) is 3.13. The molecule has 3 nitrogen and oxygen atoms in total. The molecule has 0 aliphatic rings. The lowest BCUT2D eigenvalue weighted by Crippen LogP contribution is -2.17. The summed E-state index contributed by atoms with van der Waals surface area (Å²) in [6, 6.07) is 13.7. The van der Waals surface area contributed by atoms with Crippen LogP contribution in [0.3, 0.4) is 0 Å². The summed E-state index contributed by atoms with van der Waals surface area (Å²) < 4.78 is 5.73. The first-order valence-electron chi connectivity index (χ1n) is 6.97. The largest absolute Gasteiger partial charge is 0.489 e. The summed E-state index contributed by atoms with van der Waals surface area (Å²) in [6.07, 6.45) is 0.101. The molecular formula is C17H21ClN2O. The Balaban J connectivity index is 2.15. The highest BCUT2D eigenvalue weighted by molar-refractivity contribution is 6.30. The number of anilines is 2. The average molecular weight is 305 g/mol. The third kappa shape index (κ3) is 4.30. The molecule has 0 saturated heterocycles. The van der Waals surface area contributed by atoms with Crippen LogP contribution in [0.2, 0.25) is 5.02 Å². The van der Waals surface area contributed by atoms with Crippen molar-refractivity contribution in [2.75, 3.05) is 17.7 Å².